The summed E-state index contributed by atoms with van der Waals surface area (Å²) in [5.41, 5.74) is 22.3. The molecule has 0 spiro atoms. The van der Waals surface area contributed by atoms with Crippen LogP contribution in [0.15, 0.2) is 246 Å². The van der Waals surface area contributed by atoms with Crippen LogP contribution in [-0.2, 0) is 6.42 Å². The smallest absolute Gasteiger partial charge is 0.0355 e. The van der Waals surface area contributed by atoms with Gasteiger partial charge in [0.1, 0.15) is 0 Å². The topological polar surface area (TPSA) is 0 Å². The van der Waals surface area contributed by atoms with Crippen molar-refractivity contribution in [2.24, 2.45) is 0 Å². The predicted molar refractivity (Wildman–Crippen MR) is 291 cm³/mol. The summed E-state index contributed by atoms with van der Waals surface area (Å²) in [5.74, 6) is 0.247. The molecule has 1 aliphatic heterocycles. The van der Waals surface area contributed by atoms with Gasteiger partial charge in [0.05, 0.1) is 0 Å². The monoisotopic (exact) mass is 902 g/mol. The van der Waals surface area contributed by atoms with Crippen LogP contribution in [0.1, 0.15) is 74.4 Å². The number of fused-ring (bicyclic) bond motifs is 12. The summed E-state index contributed by atoms with van der Waals surface area (Å²) in [6, 6.07) is 81.2. The maximum atomic E-state index is 2.54. The van der Waals surface area contributed by atoms with Crippen LogP contribution >= 0.6 is 23.1 Å². The van der Waals surface area contributed by atoms with E-state index in [2.05, 4.69) is 237 Å². The van der Waals surface area contributed by atoms with E-state index >= 15 is 0 Å². The number of allylic oxidation sites excluding steroid dienone is 5. The molecule has 322 valence electrons. The molecule has 0 saturated heterocycles. The number of thiophene rings is 1. The van der Waals surface area contributed by atoms with E-state index in [4.69, 9.17) is 0 Å². The highest BCUT2D eigenvalue weighted by Gasteiger charge is 2.31. The molecule has 0 nitrogen and oxygen atoms in total. The van der Waals surface area contributed by atoms with E-state index in [1.54, 1.807) is 0 Å². The molecular weight excluding hydrogens is 857 g/mol. The van der Waals surface area contributed by atoms with Crippen molar-refractivity contribution in [3.8, 4) is 11.1 Å². The molecule has 1 unspecified atom stereocenters. The van der Waals surface area contributed by atoms with E-state index in [1.807, 2.05) is 23.1 Å². The molecule has 2 heteroatoms. The van der Waals surface area contributed by atoms with Crippen molar-refractivity contribution in [1.82, 2.24) is 0 Å². The van der Waals surface area contributed by atoms with Crippen LogP contribution in [-0.4, -0.2) is 0 Å². The molecule has 0 fully saturated rings. The van der Waals surface area contributed by atoms with Gasteiger partial charge in [-0.2, -0.15) is 0 Å². The molecule has 2 aliphatic carbocycles. The van der Waals surface area contributed by atoms with Gasteiger partial charge in [-0.25, -0.2) is 0 Å². The van der Waals surface area contributed by atoms with Gasteiger partial charge in [-0.15, -0.1) is 11.3 Å². The number of hydrogen-bond donors (Lipinski definition) is 0. The van der Waals surface area contributed by atoms with Crippen molar-refractivity contribution in [2.75, 3.05) is 0 Å². The Balaban J connectivity index is 0.980. The van der Waals surface area contributed by atoms with Crippen molar-refractivity contribution >= 4 is 71.6 Å². The van der Waals surface area contributed by atoms with Crippen LogP contribution in [0.2, 0.25) is 0 Å². The van der Waals surface area contributed by atoms with Crippen LogP contribution in [0.3, 0.4) is 0 Å². The third kappa shape index (κ3) is 7.33. The SMILES string of the molecule is C1=C(/C=C(\c2ccccc2)c2ccc3sc4ccc(C=C(c5ccccc5)c5ccccc5)cc4c3c2)CCC2=C1c1ccccc1-c1cccc3c1CC(c1ccccc1S3)c1ccccc12. The summed E-state index contributed by atoms with van der Waals surface area (Å²) < 4.78 is 2.61. The van der Waals surface area contributed by atoms with Crippen LogP contribution in [0.5, 0.6) is 0 Å². The highest BCUT2D eigenvalue weighted by Crippen LogP contribution is 2.52. The highest BCUT2D eigenvalue weighted by molar-refractivity contribution is 7.99. The molecule has 68 heavy (non-hydrogen) atoms. The molecule has 10 aromatic rings. The highest BCUT2D eigenvalue weighted by atomic mass is 32.2. The third-order valence-corrected chi connectivity index (χ3v) is 16.6. The Hall–Kier alpha value is -7.49. The Morgan fingerprint density at radius 1 is 0.426 bits per heavy atom. The van der Waals surface area contributed by atoms with Crippen molar-refractivity contribution in [2.45, 2.75) is 35.0 Å². The van der Waals surface area contributed by atoms with Gasteiger partial charge in [-0.05, 0) is 156 Å². The number of hydrogen-bond acceptors (Lipinski definition) is 2. The van der Waals surface area contributed by atoms with E-state index in [0.717, 1.165) is 19.3 Å². The van der Waals surface area contributed by atoms with E-state index in [-0.39, 0.29) is 5.92 Å². The zero-order valence-electron chi connectivity index (χ0n) is 37.5. The molecule has 3 aliphatic rings. The molecule has 0 radical (unpaired) electrons. The minimum Gasteiger partial charge on any atom is -0.135 e. The lowest BCUT2D eigenvalue weighted by molar-refractivity contribution is 0.781. The zero-order valence-corrected chi connectivity index (χ0v) is 39.2. The number of rotatable bonds is 6. The van der Waals surface area contributed by atoms with Crippen molar-refractivity contribution in [3.05, 3.63) is 292 Å². The fourth-order valence-corrected chi connectivity index (χ4v) is 13.3. The minimum absolute atomic E-state index is 0.247. The second-order valence-corrected chi connectivity index (χ2v) is 20.4. The molecule has 2 bridgehead atoms. The van der Waals surface area contributed by atoms with Gasteiger partial charge in [-0.1, -0.05) is 206 Å². The average molecular weight is 903 g/mol. The second-order valence-electron chi connectivity index (χ2n) is 18.2. The Labute approximate surface area is 407 Å². The fraction of sp³-hybridized carbons (Fsp3) is 0.0606. The molecule has 0 saturated carbocycles. The summed E-state index contributed by atoms with van der Waals surface area (Å²) in [7, 11) is 0. The van der Waals surface area contributed by atoms with E-state index in [0.29, 0.717) is 0 Å². The van der Waals surface area contributed by atoms with Gasteiger partial charge in [0.2, 0.25) is 0 Å². The molecular formula is C66H46S2. The maximum Gasteiger partial charge on any atom is 0.0355 e. The number of benzene rings is 9. The summed E-state index contributed by atoms with van der Waals surface area (Å²) in [6.45, 7) is 0. The first-order valence-electron chi connectivity index (χ1n) is 23.8. The van der Waals surface area contributed by atoms with Crippen LogP contribution in [0, 0.1) is 0 Å². The van der Waals surface area contributed by atoms with Crippen LogP contribution < -0.4 is 0 Å². The van der Waals surface area contributed by atoms with Gasteiger partial charge >= 0.3 is 0 Å². The summed E-state index contributed by atoms with van der Waals surface area (Å²) in [5, 5.41) is 2.59. The summed E-state index contributed by atoms with van der Waals surface area (Å²) >= 11 is 3.82. The van der Waals surface area contributed by atoms with Gasteiger partial charge in [0, 0.05) is 35.9 Å². The fourth-order valence-electron chi connectivity index (χ4n) is 11.0. The normalized spacial score (nSPS) is 15.1. The first kappa shape index (κ1) is 40.8. The van der Waals surface area contributed by atoms with Gasteiger partial charge in [-0.3, -0.25) is 0 Å². The van der Waals surface area contributed by atoms with Crippen molar-refractivity contribution in [3.63, 3.8) is 0 Å². The van der Waals surface area contributed by atoms with Gasteiger partial charge in [0.25, 0.3) is 0 Å². The largest absolute Gasteiger partial charge is 0.135 e. The quantitative estimate of drug-likeness (QED) is 0.150. The average Bonchev–Trinajstić information content (AvgIpc) is 3.67. The zero-order chi connectivity index (χ0) is 45.0. The van der Waals surface area contributed by atoms with Crippen LogP contribution in [0.4, 0.5) is 0 Å². The molecule has 0 amide bonds. The Bertz CT molecular complexity index is 3670. The predicted octanol–water partition coefficient (Wildman–Crippen LogP) is 18.2. The minimum atomic E-state index is 0.247. The lowest BCUT2D eigenvalue weighted by atomic mass is 9.74. The standard InChI is InChI=1S/C66H46S2/c1-4-17-45(18-5-1)56(46-19-6-2-7-20-46)37-44-32-35-65-60(40-44)61-41-48(33-36-66(61)68-65)57(47-21-8-3-9-22-47)38-43-31-34-54-50-24-11-13-26-52(50)59-42-62-53(49-23-10-12-25-51(49)58(54)39-43)28-16-30-64(62)67-63-29-15-14-27-55(59)63/h1-30,32-33,35-41,59H,31,34,42H2/b57-38+. The third-order valence-electron chi connectivity index (χ3n) is 14.2. The first-order chi connectivity index (χ1) is 33.7. The van der Waals surface area contributed by atoms with E-state index < -0.39 is 0 Å². The van der Waals surface area contributed by atoms with E-state index in [9.17, 15) is 0 Å². The summed E-state index contributed by atoms with van der Waals surface area (Å²) in [6.07, 6.45) is 10.3. The molecule has 2 heterocycles. The lowest BCUT2D eigenvalue weighted by Crippen LogP contribution is -2.12. The van der Waals surface area contributed by atoms with Gasteiger partial charge in [0.15, 0.2) is 0 Å². The Kier molecular flexibility index (Phi) is 10.4. The summed E-state index contributed by atoms with van der Waals surface area (Å²) in [4.78, 5) is 2.72. The second kappa shape index (κ2) is 17.3. The van der Waals surface area contributed by atoms with Crippen LogP contribution in [0.25, 0.3) is 59.7 Å². The lowest BCUT2D eigenvalue weighted by Gasteiger charge is -2.29. The van der Waals surface area contributed by atoms with E-state index in [1.165, 1.54) is 125 Å². The first-order valence-corrected chi connectivity index (χ1v) is 25.4. The molecule has 0 N–H and O–H groups in total. The molecule has 1 atom stereocenters. The maximum absolute atomic E-state index is 2.54. The Morgan fingerprint density at radius 2 is 1.00 bits per heavy atom. The van der Waals surface area contributed by atoms with Crippen molar-refractivity contribution < 1.29 is 0 Å². The Morgan fingerprint density at radius 3 is 1.74 bits per heavy atom. The molecule has 1 aromatic heterocycles. The molecule has 13 rings (SSSR count). The molecule has 9 aromatic carbocycles. The van der Waals surface area contributed by atoms with Gasteiger partial charge < -0.3 is 0 Å². The van der Waals surface area contributed by atoms with Crippen molar-refractivity contribution in [1.29, 1.82) is 0 Å².